The van der Waals surface area contributed by atoms with Crippen molar-refractivity contribution < 1.29 is 24.3 Å². The van der Waals surface area contributed by atoms with Gasteiger partial charge in [-0.15, -0.1) is 11.8 Å². The summed E-state index contributed by atoms with van der Waals surface area (Å²) >= 11 is 1.39. The maximum absolute atomic E-state index is 12.5. The van der Waals surface area contributed by atoms with E-state index in [0.29, 0.717) is 12.8 Å². The Balaban J connectivity index is 1.67. The number of β-lactam (4-membered cyclic amide) rings is 1. The van der Waals surface area contributed by atoms with Crippen LogP contribution in [0.4, 0.5) is 0 Å². The number of hydrogen-bond donors (Lipinski definition) is 2. The predicted molar refractivity (Wildman–Crippen MR) is 94.2 cm³/mol. The molecule has 3 fully saturated rings. The SMILES string of the molecule is CC1(C)S[C@@H]2C(NC(=O)CC3(N=C=O)CCCCC3)C(=O)N2[C@H]1C(=O)O. The van der Waals surface area contributed by atoms with E-state index in [0.717, 1.165) is 19.3 Å². The number of fused-ring (bicyclic) bond motifs is 1. The number of thioether (sulfide) groups is 1. The molecule has 0 aromatic carbocycles. The fourth-order valence-corrected chi connectivity index (χ4v) is 5.93. The maximum Gasteiger partial charge on any atom is 0.327 e. The third-order valence-electron chi connectivity index (χ3n) is 5.55. The number of hydrogen-bond acceptors (Lipinski definition) is 6. The molecule has 0 bridgehead atoms. The number of aliphatic imine (C=N–C) groups is 1. The zero-order valence-electron chi connectivity index (χ0n) is 14.9. The molecule has 8 nitrogen and oxygen atoms in total. The van der Waals surface area contributed by atoms with E-state index in [2.05, 4.69) is 10.3 Å². The first-order chi connectivity index (χ1) is 12.2. The number of carboxylic acid groups (broad SMARTS) is 1. The summed E-state index contributed by atoms with van der Waals surface area (Å²) in [5, 5.41) is 11.8. The van der Waals surface area contributed by atoms with Gasteiger partial charge in [-0.1, -0.05) is 19.3 Å². The molecule has 3 aliphatic rings. The second-order valence-corrected chi connectivity index (χ2v) is 9.58. The Hall–Kier alpha value is -1.86. The van der Waals surface area contributed by atoms with Gasteiger partial charge in [0.15, 0.2) is 0 Å². The van der Waals surface area contributed by atoms with E-state index in [1.807, 2.05) is 0 Å². The van der Waals surface area contributed by atoms with Crippen molar-refractivity contribution in [3.8, 4) is 0 Å². The number of rotatable bonds is 5. The normalized spacial score (nSPS) is 31.4. The van der Waals surface area contributed by atoms with Crippen LogP contribution in [0.1, 0.15) is 52.4 Å². The second-order valence-electron chi connectivity index (χ2n) is 7.81. The van der Waals surface area contributed by atoms with Gasteiger partial charge in [-0.3, -0.25) is 9.59 Å². The minimum Gasteiger partial charge on any atom is -0.480 e. The van der Waals surface area contributed by atoms with Crippen LogP contribution in [-0.4, -0.2) is 61.6 Å². The average molecular weight is 381 g/mol. The van der Waals surface area contributed by atoms with E-state index < -0.39 is 28.3 Å². The second kappa shape index (κ2) is 6.70. The van der Waals surface area contributed by atoms with Crippen molar-refractivity contribution in [3.05, 3.63) is 0 Å². The van der Waals surface area contributed by atoms with Gasteiger partial charge in [0, 0.05) is 4.75 Å². The maximum atomic E-state index is 12.5. The molecule has 2 heterocycles. The minimum atomic E-state index is -1.04. The Kier molecular flexibility index (Phi) is 4.88. The summed E-state index contributed by atoms with van der Waals surface area (Å²) in [6.45, 7) is 3.58. The molecule has 26 heavy (non-hydrogen) atoms. The average Bonchev–Trinajstić information content (AvgIpc) is 2.82. The van der Waals surface area contributed by atoms with E-state index in [1.54, 1.807) is 19.9 Å². The molecular weight excluding hydrogens is 358 g/mol. The van der Waals surface area contributed by atoms with E-state index in [9.17, 15) is 24.3 Å². The summed E-state index contributed by atoms with van der Waals surface area (Å²) in [7, 11) is 0. The highest BCUT2D eigenvalue weighted by Gasteiger charge is 2.64. The molecular formula is C17H23N3O5S. The van der Waals surface area contributed by atoms with Gasteiger partial charge >= 0.3 is 5.97 Å². The largest absolute Gasteiger partial charge is 0.480 e. The van der Waals surface area contributed by atoms with Crippen molar-refractivity contribution >= 4 is 35.6 Å². The topological polar surface area (TPSA) is 116 Å². The summed E-state index contributed by atoms with van der Waals surface area (Å²) in [4.78, 5) is 52.5. The molecule has 2 N–H and O–H groups in total. The van der Waals surface area contributed by atoms with Crippen LogP contribution < -0.4 is 5.32 Å². The third-order valence-corrected chi connectivity index (χ3v) is 7.12. The van der Waals surface area contributed by atoms with Crippen molar-refractivity contribution in [1.29, 1.82) is 0 Å². The first kappa shape index (κ1) is 18.9. The molecule has 0 spiro atoms. The zero-order chi connectivity index (χ0) is 19.1. The van der Waals surface area contributed by atoms with Gasteiger partial charge in [-0.05, 0) is 26.7 Å². The van der Waals surface area contributed by atoms with E-state index in [-0.39, 0.29) is 23.6 Å². The molecule has 3 rings (SSSR count). The third kappa shape index (κ3) is 3.14. The summed E-state index contributed by atoms with van der Waals surface area (Å²) in [5.74, 6) is -1.74. The van der Waals surface area contributed by atoms with Gasteiger partial charge < -0.3 is 15.3 Å². The lowest BCUT2D eigenvalue weighted by molar-refractivity contribution is -0.161. The van der Waals surface area contributed by atoms with Gasteiger partial charge in [0.1, 0.15) is 17.5 Å². The summed E-state index contributed by atoms with van der Waals surface area (Å²) in [6, 6.07) is -1.63. The first-order valence-electron chi connectivity index (χ1n) is 8.82. The molecule has 1 unspecified atom stereocenters. The molecule has 2 amide bonds. The van der Waals surface area contributed by atoms with E-state index >= 15 is 0 Å². The van der Waals surface area contributed by atoms with Crippen LogP contribution in [0.25, 0.3) is 0 Å². The van der Waals surface area contributed by atoms with Crippen molar-refractivity contribution in [2.45, 2.75) is 80.1 Å². The van der Waals surface area contributed by atoms with Crippen LogP contribution in [0.15, 0.2) is 4.99 Å². The number of nitrogens with one attached hydrogen (secondary N) is 1. The first-order valence-corrected chi connectivity index (χ1v) is 9.70. The number of carbonyl (C=O) groups excluding carboxylic acids is 3. The van der Waals surface area contributed by atoms with Crippen molar-refractivity contribution in [2.75, 3.05) is 0 Å². The number of carbonyl (C=O) groups is 3. The molecule has 142 valence electrons. The predicted octanol–water partition coefficient (Wildman–Crippen LogP) is 1.05. The highest BCUT2D eigenvalue weighted by Crippen LogP contribution is 2.50. The molecule has 1 aliphatic carbocycles. The Morgan fingerprint density at radius 1 is 1.35 bits per heavy atom. The number of carboxylic acids is 1. The highest BCUT2D eigenvalue weighted by molar-refractivity contribution is 8.01. The minimum absolute atomic E-state index is 0.0508. The van der Waals surface area contributed by atoms with Crippen LogP contribution >= 0.6 is 11.8 Å². The lowest BCUT2D eigenvalue weighted by atomic mass is 9.79. The van der Waals surface area contributed by atoms with Crippen molar-refractivity contribution in [2.24, 2.45) is 4.99 Å². The Morgan fingerprint density at radius 3 is 2.58 bits per heavy atom. The van der Waals surface area contributed by atoms with Crippen LogP contribution in [0.5, 0.6) is 0 Å². The number of isocyanates is 1. The Morgan fingerprint density at radius 2 is 2.00 bits per heavy atom. The van der Waals surface area contributed by atoms with Crippen LogP contribution in [-0.2, 0) is 19.2 Å². The quantitative estimate of drug-likeness (QED) is 0.418. The lowest BCUT2D eigenvalue weighted by Gasteiger charge is -2.44. The molecule has 0 aromatic rings. The number of amides is 2. The molecule has 0 radical (unpaired) electrons. The van der Waals surface area contributed by atoms with E-state index in [4.69, 9.17) is 0 Å². The lowest BCUT2D eigenvalue weighted by Crippen LogP contribution is -2.70. The highest BCUT2D eigenvalue weighted by atomic mass is 32.2. The van der Waals surface area contributed by atoms with Crippen LogP contribution in [0.3, 0.4) is 0 Å². The van der Waals surface area contributed by atoms with E-state index in [1.165, 1.54) is 16.7 Å². The molecule has 0 aromatic heterocycles. The Labute approximate surface area is 155 Å². The number of aliphatic carboxylic acids is 1. The standard InChI is InChI=1S/C17H23N3O5S/c1-16(2)12(15(24)25)20-13(23)11(14(20)26-16)19-10(22)8-17(18-9-21)6-4-3-5-7-17/h11-12,14H,3-8H2,1-2H3,(H,19,22)(H,24,25)/t11?,12-,14+/m0/s1. The summed E-state index contributed by atoms with van der Waals surface area (Å²) in [5.41, 5.74) is -0.720. The number of nitrogens with zero attached hydrogens (tertiary/aromatic N) is 2. The van der Waals surface area contributed by atoms with Gasteiger partial charge in [0.05, 0.1) is 12.0 Å². The smallest absolute Gasteiger partial charge is 0.327 e. The fraction of sp³-hybridized carbons (Fsp3) is 0.765. The van der Waals surface area contributed by atoms with Gasteiger partial charge in [-0.25, -0.2) is 9.59 Å². The van der Waals surface area contributed by atoms with Crippen LogP contribution in [0, 0.1) is 0 Å². The monoisotopic (exact) mass is 381 g/mol. The molecule has 3 atom stereocenters. The molecule has 9 heteroatoms. The van der Waals surface area contributed by atoms with Crippen molar-refractivity contribution in [3.63, 3.8) is 0 Å². The van der Waals surface area contributed by atoms with Crippen molar-refractivity contribution in [1.82, 2.24) is 10.2 Å². The fourth-order valence-electron chi connectivity index (χ4n) is 4.30. The summed E-state index contributed by atoms with van der Waals surface area (Å²) < 4.78 is -0.627. The molecule has 1 saturated carbocycles. The van der Waals surface area contributed by atoms with Gasteiger partial charge in [-0.2, -0.15) is 4.99 Å². The molecule has 2 saturated heterocycles. The zero-order valence-corrected chi connectivity index (χ0v) is 15.7. The Bertz CT molecular complexity index is 682. The molecule has 2 aliphatic heterocycles. The summed E-state index contributed by atoms with van der Waals surface area (Å²) in [6.07, 6.45) is 5.82. The van der Waals surface area contributed by atoms with Gasteiger partial charge in [0.25, 0.3) is 0 Å². The van der Waals surface area contributed by atoms with Crippen LogP contribution in [0.2, 0.25) is 0 Å². The van der Waals surface area contributed by atoms with Gasteiger partial charge in [0.2, 0.25) is 17.9 Å².